The summed E-state index contributed by atoms with van der Waals surface area (Å²) in [5.74, 6) is 2.02. The average Bonchev–Trinajstić information content (AvgIpc) is 2.97. The van der Waals surface area contributed by atoms with Gasteiger partial charge in [-0.05, 0) is 31.7 Å². The van der Waals surface area contributed by atoms with Crippen molar-refractivity contribution >= 4 is 47.4 Å². The van der Waals surface area contributed by atoms with Crippen LogP contribution in [0.4, 0.5) is 5.69 Å². The van der Waals surface area contributed by atoms with E-state index in [-0.39, 0.29) is 24.0 Å². The molecule has 1 aromatic rings. The van der Waals surface area contributed by atoms with E-state index in [4.69, 9.17) is 0 Å². The molecule has 1 aliphatic rings. The lowest BCUT2D eigenvalue weighted by molar-refractivity contribution is 0.650. The third-order valence-corrected chi connectivity index (χ3v) is 4.15. The van der Waals surface area contributed by atoms with Gasteiger partial charge in [0.05, 0.1) is 6.54 Å². The van der Waals surface area contributed by atoms with E-state index in [0.717, 1.165) is 44.3 Å². The summed E-state index contributed by atoms with van der Waals surface area (Å²) >= 11 is 1.83. The molecule has 0 saturated carbocycles. The highest BCUT2D eigenvalue weighted by atomic mass is 127. The first-order chi connectivity index (χ1) is 10.3. The number of hydrogen-bond acceptors (Lipinski definition) is 3. The molecule has 0 aliphatic carbocycles. The molecule has 0 spiro atoms. The predicted octanol–water partition coefficient (Wildman–Crippen LogP) is 2.80. The minimum Gasteiger partial charge on any atom is -0.369 e. The zero-order valence-corrected chi connectivity index (χ0v) is 16.6. The van der Waals surface area contributed by atoms with Crippen LogP contribution in [0.5, 0.6) is 0 Å². The molecule has 22 heavy (non-hydrogen) atoms. The Hall–Kier alpha value is -0.630. The van der Waals surface area contributed by atoms with Gasteiger partial charge in [-0.25, -0.2) is 0 Å². The van der Waals surface area contributed by atoms with Crippen molar-refractivity contribution in [1.29, 1.82) is 0 Å². The lowest BCUT2D eigenvalue weighted by Gasteiger charge is -2.20. The van der Waals surface area contributed by atoms with Crippen LogP contribution in [0, 0.1) is 0 Å². The summed E-state index contributed by atoms with van der Waals surface area (Å²) in [6, 6.07) is 11.1. The Kier molecular flexibility index (Phi) is 9.70. The predicted molar refractivity (Wildman–Crippen MR) is 110 cm³/mol. The molecule has 1 saturated heterocycles. The summed E-state index contributed by atoms with van der Waals surface area (Å²) in [6.07, 6.45) is 3.27. The summed E-state index contributed by atoms with van der Waals surface area (Å²) in [7, 11) is 0. The Morgan fingerprint density at radius 2 is 2.14 bits per heavy atom. The molecule has 1 heterocycles. The molecule has 1 aliphatic heterocycles. The fourth-order valence-electron chi connectivity index (χ4n) is 2.51. The van der Waals surface area contributed by atoms with E-state index in [1.807, 2.05) is 11.8 Å². The smallest absolute Gasteiger partial charge is 0.191 e. The summed E-state index contributed by atoms with van der Waals surface area (Å²) in [5.41, 5.74) is 1.31. The molecule has 2 rings (SSSR count). The largest absolute Gasteiger partial charge is 0.369 e. The Balaban J connectivity index is 0.00000242. The molecule has 0 bridgehead atoms. The Labute approximate surface area is 155 Å². The van der Waals surface area contributed by atoms with Gasteiger partial charge in [0.2, 0.25) is 0 Å². The van der Waals surface area contributed by atoms with E-state index in [0.29, 0.717) is 6.04 Å². The van der Waals surface area contributed by atoms with Gasteiger partial charge < -0.3 is 15.5 Å². The van der Waals surface area contributed by atoms with Crippen LogP contribution in [0.3, 0.4) is 0 Å². The number of hydrogen-bond donors (Lipinski definition) is 2. The highest BCUT2D eigenvalue weighted by Crippen LogP contribution is 2.19. The van der Waals surface area contributed by atoms with Crippen molar-refractivity contribution in [1.82, 2.24) is 10.6 Å². The number of halogens is 1. The van der Waals surface area contributed by atoms with E-state index < -0.39 is 0 Å². The summed E-state index contributed by atoms with van der Waals surface area (Å²) in [6.45, 7) is 6.02. The van der Waals surface area contributed by atoms with Crippen molar-refractivity contribution in [2.75, 3.05) is 43.1 Å². The zero-order valence-electron chi connectivity index (χ0n) is 13.4. The van der Waals surface area contributed by atoms with Crippen LogP contribution in [-0.2, 0) is 0 Å². The summed E-state index contributed by atoms with van der Waals surface area (Å²) in [5, 5.41) is 6.90. The molecule has 0 amide bonds. The fourth-order valence-corrected chi connectivity index (χ4v) is 2.79. The monoisotopic (exact) mass is 434 g/mol. The van der Waals surface area contributed by atoms with Crippen LogP contribution < -0.4 is 15.5 Å². The number of para-hydroxylation sites is 1. The minimum atomic E-state index is 0. The van der Waals surface area contributed by atoms with E-state index in [1.165, 1.54) is 5.69 Å². The van der Waals surface area contributed by atoms with Crippen molar-refractivity contribution in [2.45, 2.75) is 19.4 Å². The second kappa shape index (κ2) is 11.0. The average molecular weight is 434 g/mol. The maximum absolute atomic E-state index is 4.62. The van der Waals surface area contributed by atoms with Crippen molar-refractivity contribution in [3.8, 4) is 0 Å². The lowest BCUT2D eigenvalue weighted by Crippen LogP contribution is -2.44. The van der Waals surface area contributed by atoms with Gasteiger partial charge in [-0.1, -0.05) is 18.2 Å². The Bertz CT molecular complexity index is 441. The van der Waals surface area contributed by atoms with Gasteiger partial charge in [-0.15, -0.1) is 24.0 Å². The molecule has 0 aromatic heterocycles. The molecule has 1 atom stereocenters. The molecule has 6 heteroatoms. The van der Waals surface area contributed by atoms with Gasteiger partial charge in [0.15, 0.2) is 5.96 Å². The maximum atomic E-state index is 4.62. The first-order valence-corrected chi connectivity index (χ1v) is 9.06. The SMILES string of the molecule is CCNC(=NCCSC)NC1CCN(c2ccccc2)C1.I. The number of benzene rings is 1. The van der Waals surface area contributed by atoms with Crippen LogP contribution in [0.2, 0.25) is 0 Å². The third-order valence-electron chi connectivity index (χ3n) is 3.56. The molecular weight excluding hydrogens is 407 g/mol. The van der Waals surface area contributed by atoms with Crippen LogP contribution in [0.25, 0.3) is 0 Å². The van der Waals surface area contributed by atoms with Crippen LogP contribution in [0.1, 0.15) is 13.3 Å². The summed E-state index contributed by atoms with van der Waals surface area (Å²) in [4.78, 5) is 7.05. The van der Waals surface area contributed by atoms with E-state index in [9.17, 15) is 0 Å². The van der Waals surface area contributed by atoms with Crippen LogP contribution >= 0.6 is 35.7 Å². The first kappa shape index (κ1) is 19.4. The van der Waals surface area contributed by atoms with Crippen molar-refractivity contribution in [3.05, 3.63) is 30.3 Å². The number of aliphatic imine (C=N–C) groups is 1. The standard InChI is InChI=1S/C16H26N4S.HI/c1-3-17-16(18-10-12-21-2)19-14-9-11-20(13-14)15-7-5-4-6-8-15;/h4-8,14H,3,9-13H2,1-2H3,(H2,17,18,19);1H. The van der Waals surface area contributed by atoms with E-state index in [1.54, 1.807) is 0 Å². The highest BCUT2D eigenvalue weighted by molar-refractivity contribution is 14.0. The number of anilines is 1. The molecule has 1 unspecified atom stereocenters. The number of nitrogens with one attached hydrogen (secondary N) is 2. The molecule has 1 aromatic carbocycles. The van der Waals surface area contributed by atoms with Gasteiger partial charge in [-0.3, -0.25) is 4.99 Å². The Morgan fingerprint density at radius 3 is 2.82 bits per heavy atom. The topological polar surface area (TPSA) is 39.7 Å². The van der Waals surface area contributed by atoms with Gasteiger partial charge >= 0.3 is 0 Å². The van der Waals surface area contributed by atoms with Crippen LogP contribution in [-0.4, -0.2) is 50.2 Å². The first-order valence-electron chi connectivity index (χ1n) is 7.67. The number of rotatable bonds is 6. The maximum Gasteiger partial charge on any atom is 0.191 e. The fraction of sp³-hybridized carbons (Fsp3) is 0.562. The van der Waals surface area contributed by atoms with Gasteiger partial charge in [0.25, 0.3) is 0 Å². The molecule has 2 N–H and O–H groups in total. The van der Waals surface area contributed by atoms with Gasteiger partial charge in [-0.2, -0.15) is 11.8 Å². The summed E-state index contributed by atoms with van der Waals surface area (Å²) < 4.78 is 0. The van der Waals surface area contributed by atoms with E-state index >= 15 is 0 Å². The lowest BCUT2D eigenvalue weighted by atomic mass is 10.3. The second-order valence-corrected chi connectivity index (χ2v) is 6.15. The molecule has 0 radical (unpaired) electrons. The second-order valence-electron chi connectivity index (χ2n) is 5.16. The minimum absolute atomic E-state index is 0. The normalized spacial score (nSPS) is 18.0. The number of thioether (sulfide) groups is 1. The van der Waals surface area contributed by atoms with Crippen molar-refractivity contribution in [3.63, 3.8) is 0 Å². The molecule has 124 valence electrons. The van der Waals surface area contributed by atoms with Crippen molar-refractivity contribution in [2.24, 2.45) is 4.99 Å². The quantitative estimate of drug-likeness (QED) is 0.313. The number of guanidine groups is 1. The van der Waals surface area contributed by atoms with Gasteiger partial charge in [0, 0.05) is 37.1 Å². The molecule has 1 fully saturated rings. The van der Waals surface area contributed by atoms with Crippen molar-refractivity contribution < 1.29 is 0 Å². The van der Waals surface area contributed by atoms with E-state index in [2.05, 4.69) is 64.0 Å². The van der Waals surface area contributed by atoms with Crippen LogP contribution in [0.15, 0.2) is 35.3 Å². The van der Waals surface area contributed by atoms with Gasteiger partial charge in [0.1, 0.15) is 0 Å². The molecule has 4 nitrogen and oxygen atoms in total. The molecular formula is C16H27IN4S. The zero-order chi connectivity index (χ0) is 14.9. The third kappa shape index (κ3) is 6.24. The highest BCUT2D eigenvalue weighted by Gasteiger charge is 2.23. The number of nitrogens with zero attached hydrogens (tertiary/aromatic N) is 2. The Morgan fingerprint density at radius 1 is 1.36 bits per heavy atom.